The Kier molecular flexibility index (Phi) is 4.27. The number of rotatable bonds is 3. The Morgan fingerprint density at radius 2 is 1.75 bits per heavy atom. The molecule has 1 saturated heterocycles. The predicted molar refractivity (Wildman–Crippen MR) is 85.1 cm³/mol. The topological polar surface area (TPSA) is 41.1 Å². The normalized spacial score (nSPS) is 45.2. The number of thioether (sulfide) groups is 1. The third kappa shape index (κ3) is 2.71. The van der Waals surface area contributed by atoms with Gasteiger partial charge in [0.05, 0.1) is 6.04 Å². The van der Waals surface area contributed by atoms with E-state index in [1.807, 2.05) is 11.8 Å². The van der Waals surface area contributed by atoms with Crippen LogP contribution in [0.1, 0.15) is 38.5 Å². The average Bonchev–Trinajstić information content (AvgIpc) is 2.88. The molecule has 1 unspecified atom stereocenters. The Hall–Kier alpha value is 0.0700. The van der Waals surface area contributed by atoms with E-state index in [1.165, 1.54) is 38.5 Å². The largest absolute Gasteiger partial charge is 0.354 e. The molecular formula is C15H25ClN2OS. The van der Waals surface area contributed by atoms with Crippen molar-refractivity contribution in [1.82, 2.24) is 10.6 Å². The molecule has 0 aromatic rings. The van der Waals surface area contributed by atoms with E-state index in [9.17, 15) is 4.79 Å². The molecule has 1 heterocycles. The minimum atomic E-state index is 0. The van der Waals surface area contributed by atoms with Crippen LogP contribution in [-0.4, -0.2) is 30.1 Å². The van der Waals surface area contributed by atoms with Gasteiger partial charge in [-0.25, -0.2) is 0 Å². The molecule has 4 saturated carbocycles. The summed E-state index contributed by atoms with van der Waals surface area (Å²) >= 11 is 1.82. The van der Waals surface area contributed by atoms with Gasteiger partial charge in [0, 0.05) is 18.2 Å². The summed E-state index contributed by atoms with van der Waals surface area (Å²) in [5.74, 6) is 5.03. The van der Waals surface area contributed by atoms with E-state index < -0.39 is 0 Å². The van der Waals surface area contributed by atoms with Crippen molar-refractivity contribution in [2.24, 2.45) is 23.2 Å². The first kappa shape index (κ1) is 15.0. The second-order valence-corrected chi connectivity index (χ2v) is 8.44. The second-order valence-electron chi connectivity index (χ2n) is 7.41. The van der Waals surface area contributed by atoms with E-state index in [0.717, 1.165) is 35.9 Å². The quantitative estimate of drug-likeness (QED) is 0.840. The highest BCUT2D eigenvalue weighted by Gasteiger charge is 2.50. The van der Waals surface area contributed by atoms with Gasteiger partial charge in [0.25, 0.3) is 0 Å². The van der Waals surface area contributed by atoms with E-state index >= 15 is 0 Å². The molecule has 5 rings (SSSR count). The van der Waals surface area contributed by atoms with Crippen molar-refractivity contribution in [3.8, 4) is 0 Å². The van der Waals surface area contributed by atoms with Gasteiger partial charge in [-0.15, -0.1) is 24.2 Å². The molecular weight excluding hydrogens is 292 g/mol. The molecule has 4 aliphatic carbocycles. The maximum absolute atomic E-state index is 12.2. The second kappa shape index (κ2) is 5.69. The molecule has 0 radical (unpaired) electrons. The molecule has 3 nitrogen and oxygen atoms in total. The van der Waals surface area contributed by atoms with E-state index in [0.29, 0.717) is 5.41 Å². The lowest BCUT2D eigenvalue weighted by Crippen LogP contribution is -2.53. The average molecular weight is 317 g/mol. The summed E-state index contributed by atoms with van der Waals surface area (Å²) in [5, 5.41) is 6.53. The summed E-state index contributed by atoms with van der Waals surface area (Å²) < 4.78 is 0. The van der Waals surface area contributed by atoms with Crippen LogP contribution in [0.2, 0.25) is 0 Å². The highest BCUT2D eigenvalue weighted by Crippen LogP contribution is 2.59. The molecule has 5 heteroatoms. The first-order valence-electron chi connectivity index (χ1n) is 7.81. The number of hydrogen-bond acceptors (Lipinski definition) is 3. The Bertz CT molecular complexity index is 349. The Morgan fingerprint density at radius 3 is 2.25 bits per heavy atom. The fraction of sp³-hybridized carbons (Fsp3) is 0.933. The van der Waals surface area contributed by atoms with Crippen molar-refractivity contribution in [2.45, 2.75) is 44.6 Å². The van der Waals surface area contributed by atoms with Crippen LogP contribution in [0.25, 0.3) is 0 Å². The lowest BCUT2D eigenvalue weighted by atomic mass is 9.49. The number of nitrogens with one attached hydrogen (secondary N) is 2. The van der Waals surface area contributed by atoms with E-state index in [2.05, 4.69) is 10.6 Å². The monoisotopic (exact) mass is 316 g/mol. The van der Waals surface area contributed by atoms with Gasteiger partial charge in [-0.1, -0.05) is 0 Å². The molecule has 5 fully saturated rings. The maximum Gasteiger partial charge on any atom is 0.238 e. The molecule has 0 aromatic heterocycles. The van der Waals surface area contributed by atoms with Crippen LogP contribution in [0, 0.1) is 23.2 Å². The van der Waals surface area contributed by atoms with Crippen LogP contribution < -0.4 is 10.6 Å². The van der Waals surface area contributed by atoms with Crippen LogP contribution in [0.15, 0.2) is 0 Å². The van der Waals surface area contributed by atoms with Crippen molar-refractivity contribution in [3.63, 3.8) is 0 Å². The molecule has 1 aliphatic heterocycles. The smallest absolute Gasteiger partial charge is 0.238 e. The number of amides is 1. The van der Waals surface area contributed by atoms with Crippen molar-refractivity contribution >= 4 is 30.1 Å². The highest BCUT2D eigenvalue weighted by molar-refractivity contribution is 7.99. The van der Waals surface area contributed by atoms with E-state index in [-0.39, 0.29) is 24.4 Å². The lowest BCUT2D eigenvalue weighted by molar-refractivity contribution is -0.124. The Morgan fingerprint density at radius 1 is 1.15 bits per heavy atom. The third-order valence-electron chi connectivity index (χ3n) is 5.84. The minimum Gasteiger partial charge on any atom is -0.354 e. The molecule has 5 aliphatic rings. The SMILES string of the molecule is Cl.O=C(NCC12CC3CC(CC(C3)C1)C2)C1CSCN1. The van der Waals surface area contributed by atoms with E-state index in [1.54, 1.807) is 0 Å². The first-order valence-corrected chi connectivity index (χ1v) is 8.97. The first-order chi connectivity index (χ1) is 9.22. The minimum absolute atomic E-state index is 0. The number of carbonyl (C=O) groups excluding carboxylic acids is 1. The van der Waals surface area contributed by atoms with Crippen LogP contribution in [0.3, 0.4) is 0 Å². The van der Waals surface area contributed by atoms with Gasteiger partial charge in [-0.3, -0.25) is 10.1 Å². The van der Waals surface area contributed by atoms with Crippen LogP contribution in [0.4, 0.5) is 0 Å². The molecule has 20 heavy (non-hydrogen) atoms. The van der Waals surface area contributed by atoms with Crippen LogP contribution >= 0.6 is 24.2 Å². The zero-order valence-corrected chi connectivity index (χ0v) is 13.5. The summed E-state index contributed by atoms with van der Waals surface area (Å²) in [6.45, 7) is 0.943. The van der Waals surface area contributed by atoms with Crippen LogP contribution in [0.5, 0.6) is 0 Å². The summed E-state index contributed by atoms with van der Waals surface area (Å²) in [7, 11) is 0. The lowest BCUT2D eigenvalue weighted by Gasteiger charge is -2.57. The van der Waals surface area contributed by atoms with Crippen molar-refractivity contribution in [2.75, 3.05) is 18.2 Å². The molecule has 1 amide bonds. The summed E-state index contributed by atoms with van der Waals surface area (Å²) in [4.78, 5) is 12.2. The van der Waals surface area contributed by atoms with Crippen LogP contribution in [-0.2, 0) is 4.79 Å². The summed E-state index contributed by atoms with van der Waals surface area (Å²) in [6, 6.07) is 0.0545. The standard InChI is InChI=1S/C15H24N2OS.ClH/c18-14(13-7-19-9-17-13)16-8-15-4-10-1-11(5-15)3-12(2-10)6-15;/h10-13,17H,1-9H2,(H,16,18);1H. The molecule has 0 spiro atoms. The third-order valence-corrected chi connectivity index (χ3v) is 6.78. The van der Waals surface area contributed by atoms with Gasteiger partial charge >= 0.3 is 0 Å². The summed E-state index contributed by atoms with van der Waals surface area (Å²) in [5.41, 5.74) is 0.468. The van der Waals surface area contributed by atoms with E-state index in [4.69, 9.17) is 0 Å². The van der Waals surface area contributed by atoms with Gasteiger partial charge in [0.15, 0.2) is 0 Å². The fourth-order valence-corrected chi connectivity index (χ4v) is 6.41. The molecule has 1 atom stereocenters. The molecule has 4 bridgehead atoms. The molecule has 114 valence electrons. The fourth-order valence-electron chi connectivity index (χ4n) is 5.47. The van der Waals surface area contributed by atoms with Crippen molar-refractivity contribution < 1.29 is 4.79 Å². The maximum atomic E-state index is 12.2. The zero-order valence-electron chi connectivity index (χ0n) is 11.9. The van der Waals surface area contributed by atoms with Gasteiger partial charge in [-0.2, -0.15) is 0 Å². The van der Waals surface area contributed by atoms with Crippen molar-refractivity contribution in [1.29, 1.82) is 0 Å². The number of halogens is 1. The molecule has 2 N–H and O–H groups in total. The Balaban J connectivity index is 0.00000121. The summed E-state index contributed by atoms with van der Waals surface area (Å²) in [6.07, 6.45) is 8.58. The predicted octanol–water partition coefficient (Wildman–Crippen LogP) is 2.40. The van der Waals surface area contributed by atoms with Gasteiger partial charge < -0.3 is 5.32 Å². The number of hydrogen-bond donors (Lipinski definition) is 2. The zero-order chi connectivity index (χ0) is 12.9. The Labute approximate surface area is 131 Å². The number of carbonyl (C=O) groups is 1. The van der Waals surface area contributed by atoms with Gasteiger partial charge in [0.1, 0.15) is 0 Å². The highest BCUT2D eigenvalue weighted by atomic mass is 35.5. The van der Waals surface area contributed by atoms with Crippen molar-refractivity contribution in [3.05, 3.63) is 0 Å². The molecule has 0 aromatic carbocycles. The van der Waals surface area contributed by atoms with Gasteiger partial charge in [0.2, 0.25) is 5.91 Å². The van der Waals surface area contributed by atoms with Gasteiger partial charge in [-0.05, 0) is 61.7 Å².